The molecule has 0 saturated carbocycles. The lowest BCUT2D eigenvalue weighted by Gasteiger charge is -2.27. The number of carbonyl (C=O) groups is 9. The first kappa shape index (κ1) is 54.2. The summed E-state index contributed by atoms with van der Waals surface area (Å²) in [5.74, 6) is -8.17. The number of aliphatic carboxylic acids is 1. The molecule has 2 rings (SSSR count). The van der Waals surface area contributed by atoms with Crippen molar-refractivity contribution in [3.8, 4) is 5.75 Å². The van der Waals surface area contributed by atoms with E-state index in [2.05, 4.69) is 36.9 Å². The fourth-order valence-electron chi connectivity index (χ4n) is 6.02. The van der Waals surface area contributed by atoms with Crippen LogP contribution in [0.5, 0.6) is 5.75 Å². The number of carboxylic acid groups (broad SMARTS) is 1. The van der Waals surface area contributed by atoms with Gasteiger partial charge in [-0.2, -0.15) is 11.8 Å². The third-order valence-electron chi connectivity index (χ3n) is 9.56. The van der Waals surface area contributed by atoms with Crippen LogP contribution in [0.2, 0.25) is 0 Å². The van der Waals surface area contributed by atoms with E-state index >= 15 is 0 Å². The lowest BCUT2D eigenvalue weighted by molar-refractivity contribution is -0.143. The zero-order chi connectivity index (χ0) is 48.6. The Labute approximate surface area is 379 Å². The Morgan fingerprint density at radius 3 is 1.65 bits per heavy atom. The van der Waals surface area contributed by atoms with Crippen molar-refractivity contribution in [2.24, 2.45) is 33.7 Å². The number of phenols is 1. The van der Waals surface area contributed by atoms with Gasteiger partial charge in [-0.15, -0.1) is 0 Å². The molecule has 23 nitrogen and oxygen atoms in total. The number of nitrogens with zero attached hydrogens (tertiary/aromatic N) is 1. The Balaban J connectivity index is 2.43. The predicted octanol–water partition coefficient (Wildman–Crippen LogP) is -3.53. The van der Waals surface area contributed by atoms with E-state index < -0.39 is 102 Å². The number of hydrogen-bond acceptors (Lipinski definition) is 13. The SMILES string of the molecule is CSCC[C@H](NC(=O)[C@@H](N)CCC(N)=O)C(=O)N[C@@H](C)C(=O)N[C@@H](Cc1ccc(O)cc1)C(=O)N[C@@H](CCCN=C(N)N)C(=O)N[C@@H](Cc1ccccc1)C(=O)N[C@@H](CC(N)=O)C(=O)O. The molecule has 0 spiro atoms. The Hall–Kier alpha value is -6.95. The summed E-state index contributed by atoms with van der Waals surface area (Å²) in [4.78, 5) is 120. The number of rotatable bonds is 29. The van der Waals surface area contributed by atoms with E-state index in [1.54, 1.807) is 36.6 Å². The van der Waals surface area contributed by atoms with Gasteiger partial charge < -0.3 is 70.8 Å². The van der Waals surface area contributed by atoms with Gasteiger partial charge in [0.15, 0.2) is 5.96 Å². The predicted molar refractivity (Wildman–Crippen MR) is 240 cm³/mol. The summed E-state index contributed by atoms with van der Waals surface area (Å²) >= 11 is 1.39. The Bertz CT molecular complexity index is 1990. The highest BCUT2D eigenvalue weighted by molar-refractivity contribution is 7.98. The van der Waals surface area contributed by atoms with Crippen molar-refractivity contribution >= 4 is 70.9 Å². The van der Waals surface area contributed by atoms with Crippen molar-refractivity contribution in [3.63, 3.8) is 0 Å². The lowest BCUT2D eigenvalue weighted by Crippen LogP contribution is -2.60. The normalized spacial score (nSPS) is 14.0. The van der Waals surface area contributed by atoms with Crippen molar-refractivity contribution in [1.82, 2.24) is 31.9 Å². The topological polar surface area (TPSA) is 409 Å². The van der Waals surface area contributed by atoms with Gasteiger partial charge in [-0.3, -0.25) is 43.3 Å². The Kier molecular flexibility index (Phi) is 23.3. The van der Waals surface area contributed by atoms with Gasteiger partial charge in [-0.1, -0.05) is 42.5 Å². The van der Waals surface area contributed by atoms with Crippen LogP contribution in [0.15, 0.2) is 59.6 Å². The van der Waals surface area contributed by atoms with Crippen LogP contribution in [0, 0.1) is 0 Å². The van der Waals surface area contributed by atoms with Crippen LogP contribution in [-0.4, -0.2) is 130 Å². The molecule has 65 heavy (non-hydrogen) atoms. The zero-order valence-electron chi connectivity index (χ0n) is 36.1. The molecule has 0 saturated heterocycles. The summed E-state index contributed by atoms with van der Waals surface area (Å²) in [6, 6.07) is 4.49. The van der Waals surface area contributed by atoms with Crippen molar-refractivity contribution in [1.29, 1.82) is 0 Å². The molecule has 24 heteroatoms. The second-order valence-electron chi connectivity index (χ2n) is 14.9. The second-order valence-corrected chi connectivity index (χ2v) is 15.9. The van der Waals surface area contributed by atoms with Gasteiger partial charge in [0.2, 0.25) is 47.3 Å². The van der Waals surface area contributed by atoms with Crippen LogP contribution in [0.4, 0.5) is 0 Å². The van der Waals surface area contributed by atoms with Gasteiger partial charge in [-0.05, 0) is 67.9 Å². The molecule has 18 N–H and O–H groups in total. The number of nitrogens with two attached hydrogens (primary N) is 5. The maximum Gasteiger partial charge on any atom is 0.326 e. The summed E-state index contributed by atoms with van der Waals surface area (Å²) in [5, 5.41) is 34.6. The van der Waals surface area contributed by atoms with Gasteiger partial charge in [0.1, 0.15) is 42.0 Å². The molecule has 0 aliphatic rings. The number of guanidine groups is 1. The fourth-order valence-corrected chi connectivity index (χ4v) is 6.49. The van der Waals surface area contributed by atoms with Crippen molar-refractivity contribution in [2.45, 2.75) is 101 Å². The number of hydrogen-bond donors (Lipinski definition) is 13. The minimum absolute atomic E-state index is 0.0198. The van der Waals surface area contributed by atoms with Crippen molar-refractivity contribution < 1.29 is 53.4 Å². The van der Waals surface area contributed by atoms with Crippen LogP contribution < -0.4 is 60.6 Å². The average Bonchev–Trinajstić information content (AvgIpc) is 3.24. The molecule has 7 atom stereocenters. The smallest absolute Gasteiger partial charge is 0.326 e. The van der Waals surface area contributed by atoms with E-state index in [1.807, 2.05) is 0 Å². The average molecular weight is 929 g/mol. The molecule has 0 aliphatic heterocycles. The van der Waals surface area contributed by atoms with E-state index in [0.29, 0.717) is 16.9 Å². The van der Waals surface area contributed by atoms with E-state index in [-0.39, 0.29) is 63.2 Å². The largest absolute Gasteiger partial charge is 0.508 e. The first-order valence-electron chi connectivity index (χ1n) is 20.4. The summed E-state index contributed by atoms with van der Waals surface area (Å²) in [6.07, 6.45) is 0.643. The number of benzene rings is 2. The molecule has 0 aromatic heterocycles. The maximum atomic E-state index is 14.2. The van der Waals surface area contributed by atoms with Crippen molar-refractivity contribution in [3.05, 3.63) is 65.7 Å². The minimum Gasteiger partial charge on any atom is -0.508 e. The van der Waals surface area contributed by atoms with Crippen LogP contribution in [0.1, 0.15) is 56.6 Å². The zero-order valence-corrected chi connectivity index (χ0v) is 36.9. The van der Waals surface area contributed by atoms with Crippen molar-refractivity contribution in [2.75, 3.05) is 18.6 Å². The summed E-state index contributed by atoms with van der Waals surface area (Å²) < 4.78 is 0. The molecule has 0 bridgehead atoms. The number of amides is 8. The third kappa shape index (κ3) is 20.9. The molecule has 0 fully saturated rings. The van der Waals surface area contributed by atoms with Crippen LogP contribution >= 0.6 is 11.8 Å². The minimum atomic E-state index is -1.72. The number of aromatic hydroxyl groups is 1. The van der Waals surface area contributed by atoms with Gasteiger partial charge in [0.05, 0.1) is 12.5 Å². The quantitative estimate of drug-likeness (QED) is 0.0214. The maximum absolute atomic E-state index is 14.2. The van der Waals surface area contributed by atoms with E-state index in [9.17, 15) is 53.4 Å². The lowest BCUT2D eigenvalue weighted by atomic mass is 10.0. The van der Waals surface area contributed by atoms with Gasteiger partial charge in [0, 0.05) is 25.8 Å². The molecule has 0 radical (unpaired) electrons. The summed E-state index contributed by atoms with van der Waals surface area (Å²) in [6.45, 7) is 1.36. The van der Waals surface area contributed by atoms with E-state index in [0.717, 1.165) is 0 Å². The summed E-state index contributed by atoms with van der Waals surface area (Å²) in [7, 11) is 0. The van der Waals surface area contributed by atoms with Gasteiger partial charge in [-0.25, -0.2) is 4.79 Å². The number of carbonyl (C=O) groups excluding carboxylic acids is 8. The first-order chi connectivity index (χ1) is 30.7. The molecule has 356 valence electrons. The van der Waals surface area contributed by atoms with Gasteiger partial charge in [0.25, 0.3) is 0 Å². The molecule has 0 aliphatic carbocycles. The molecule has 2 aromatic rings. The number of thioether (sulfide) groups is 1. The second kappa shape index (κ2) is 28.0. The number of phenolic OH excluding ortho intramolecular Hbond substituents is 1. The number of carboxylic acids is 1. The molecular formula is C41H60N12O11S. The van der Waals surface area contributed by atoms with Crippen LogP contribution in [0.3, 0.4) is 0 Å². The highest BCUT2D eigenvalue weighted by Gasteiger charge is 2.33. The van der Waals surface area contributed by atoms with Crippen LogP contribution in [0.25, 0.3) is 0 Å². The first-order valence-corrected chi connectivity index (χ1v) is 21.8. The highest BCUT2D eigenvalue weighted by atomic mass is 32.2. The van der Waals surface area contributed by atoms with E-state index in [1.165, 1.54) is 43.0 Å². The number of primary amides is 2. The molecule has 8 amide bonds. The monoisotopic (exact) mass is 928 g/mol. The third-order valence-corrected chi connectivity index (χ3v) is 10.2. The number of aliphatic imine (C=N–C) groups is 1. The highest BCUT2D eigenvalue weighted by Crippen LogP contribution is 2.13. The van der Waals surface area contributed by atoms with E-state index in [4.69, 9.17) is 28.7 Å². The molecule has 2 aromatic carbocycles. The molecule has 0 heterocycles. The standard InChI is InChI=1S/C41H60N12O11S/c1-22(48-36(59)28(16-18-65-2)49-35(58)26(42)14-15-32(43)55)34(57)51-29(20-24-10-12-25(54)13-11-24)38(61)50-27(9-6-17-47-41(45)46)37(60)52-30(19-23-7-4-3-5-8-23)39(62)53-31(40(63)64)21-33(44)56/h3-5,7-8,10-13,22,26-31,54H,6,9,14-21,42H2,1-2H3,(H2,43,55)(H2,44,56)(H,48,59)(H,49,58)(H,50,61)(H,51,57)(H,52,60)(H,53,62)(H,63,64)(H4,45,46,47)/t22-,26-,27-,28-,29-,30-,31-/m0/s1. The molecular weight excluding hydrogens is 869 g/mol. The fraction of sp³-hybridized carbons (Fsp3) is 0.463. The summed E-state index contributed by atoms with van der Waals surface area (Å²) in [5.41, 5.74) is 28.2. The Morgan fingerprint density at radius 2 is 1.11 bits per heavy atom. The number of nitrogens with one attached hydrogen (secondary N) is 6. The van der Waals surface area contributed by atoms with Crippen LogP contribution in [-0.2, 0) is 56.0 Å². The Morgan fingerprint density at radius 1 is 0.615 bits per heavy atom. The molecule has 0 unspecified atom stereocenters. The van der Waals surface area contributed by atoms with Gasteiger partial charge >= 0.3 is 5.97 Å².